The van der Waals surface area contributed by atoms with Gasteiger partial charge in [0.2, 0.25) is 0 Å². The molecule has 3 rings (SSSR count). The van der Waals surface area contributed by atoms with E-state index in [1.54, 1.807) is 0 Å². The quantitative estimate of drug-likeness (QED) is 0.676. The number of rotatable bonds is 2. The number of fused-ring (bicyclic) bond motifs is 1. The van der Waals surface area contributed by atoms with E-state index in [4.69, 9.17) is 5.73 Å². The highest BCUT2D eigenvalue weighted by molar-refractivity contribution is 6.11. The van der Waals surface area contributed by atoms with Gasteiger partial charge in [-0.25, -0.2) is 9.37 Å². The summed E-state index contributed by atoms with van der Waals surface area (Å²) in [4.78, 5) is 19.5. The van der Waals surface area contributed by atoms with Crippen LogP contribution in [-0.4, -0.2) is 15.9 Å². The van der Waals surface area contributed by atoms with Gasteiger partial charge >= 0.3 is 0 Å². The van der Waals surface area contributed by atoms with E-state index in [1.807, 2.05) is 13.0 Å². The Bertz CT molecular complexity index is 824. The number of amides is 1. The molecule has 21 heavy (non-hydrogen) atoms. The van der Waals surface area contributed by atoms with Gasteiger partial charge < -0.3 is 16.0 Å². The van der Waals surface area contributed by atoms with Gasteiger partial charge in [0.05, 0.1) is 11.3 Å². The van der Waals surface area contributed by atoms with Crippen LogP contribution in [-0.2, 0) is 0 Å². The number of aryl methyl sites for hydroxylation is 1. The van der Waals surface area contributed by atoms with E-state index in [-0.39, 0.29) is 17.3 Å². The summed E-state index contributed by atoms with van der Waals surface area (Å²) in [6, 6.07) is 7.35. The molecule has 4 N–H and O–H groups in total. The lowest BCUT2D eigenvalue weighted by Gasteiger charge is -2.07. The van der Waals surface area contributed by atoms with Crippen LogP contribution in [0.1, 0.15) is 16.1 Å². The molecule has 0 bridgehead atoms. The molecule has 0 aliphatic rings. The molecule has 1 amide bonds. The molecule has 0 unspecified atom stereocenters. The van der Waals surface area contributed by atoms with Crippen LogP contribution in [0.4, 0.5) is 15.8 Å². The average molecular weight is 284 g/mol. The molecule has 0 fully saturated rings. The molecule has 0 atom stereocenters. The first kappa shape index (κ1) is 13.1. The van der Waals surface area contributed by atoms with Gasteiger partial charge in [0.25, 0.3) is 5.91 Å². The number of carbonyl (C=O) groups excluding carboxylic acids is 1. The van der Waals surface area contributed by atoms with Crippen molar-refractivity contribution in [2.75, 3.05) is 11.1 Å². The summed E-state index contributed by atoms with van der Waals surface area (Å²) in [6.07, 6.45) is 1.42. The van der Waals surface area contributed by atoms with Crippen LogP contribution in [0.3, 0.4) is 0 Å². The van der Waals surface area contributed by atoms with E-state index in [0.29, 0.717) is 22.4 Å². The summed E-state index contributed by atoms with van der Waals surface area (Å²) in [7, 11) is 0. The van der Waals surface area contributed by atoms with E-state index in [0.717, 1.165) is 5.69 Å². The molecular formula is C15H13FN4O. The topological polar surface area (TPSA) is 83.8 Å². The van der Waals surface area contributed by atoms with E-state index in [1.165, 1.54) is 30.5 Å². The lowest BCUT2D eigenvalue weighted by Crippen LogP contribution is -2.14. The first-order valence-electron chi connectivity index (χ1n) is 6.35. The largest absolute Gasteiger partial charge is 0.397 e. The molecule has 6 heteroatoms. The molecule has 106 valence electrons. The second-order valence-corrected chi connectivity index (χ2v) is 4.76. The SMILES string of the molecule is Cc1cc2c(N)c(C(=O)Nc3ccc(F)cc3)cnc2[nH]1. The second-order valence-electron chi connectivity index (χ2n) is 4.76. The van der Waals surface area contributed by atoms with Crippen molar-refractivity contribution in [3.05, 3.63) is 53.6 Å². The van der Waals surface area contributed by atoms with Crippen molar-refractivity contribution in [1.82, 2.24) is 9.97 Å². The van der Waals surface area contributed by atoms with Crippen molar-refractivity contribution in [3.8, 4) is 0 Å². The summed E-state index contributed by atoms with van der Waals surface area (Å²) in [5, 5.41) is 3.37. The summed E-state index contributed by atoms with van der Waals surface area (Å²) in [5.74, 6) is -0.745. The standard InChI is InChI=1S/C15H13FN4O/c1-8-6-11-13(17)12(7-18-14(11)19-8)15(21)20-10-4-2-9(16)3-5-10/h2-7H,1H3,(H,20,21)(H3,17,18,19). The average Bonchev–Trinajstić information content (AvgIpc) is 2.83. The third kappa shape index (κ3) is 2.43. The zero-order valence-electron chi connectivity index (χ0n) is 11.3. The smallest absolute Gasteiger partial charge is 0.259 e. The number of hydrogen-bond acceptors (Lipinski definition) is 3. The minimum Gasteiger partial charge on any atom is -0.397 e. The maximum absolute atomic E-state index is 12.8. The number of carbonyl (C=O) groups is 1. The molecular weight excluding hydrogens is 271 g/mol. The fraction of sp³-hybridized carbons (Fsp3) is 0.0667. The number of aromatic nitrogens is 2. The summed E-state index contributed by atoms with van der Waals surface area (Å²) >= 11 is 0. The first-order chi connectivity index (χ1) is 10.0. The van der Waals surface area contributed by atoms with Gasteiger partial charge in [0, 0.05) is 23.0 Å². The molecule has 0 aliphatic heterocycles. The van der Waals surface area contributed by atoms with Crippen LogP contribution in [0.25, 0.3) is 11.0 Å². The number of anilines is 2. The number of nitrogens with one attached hydrogen (secondary N) is 2. The molecule has 0 radical (unpaired) electrons. The fourth-order valence-corrected chi connectivity index (χ4v) is 2.14. The maximum Gasteiger partial charge on any atom is 0.259 e. The Hall–Kier alpha value is -2.89. The molecule has 1 aromatic carbocycles. The molecule has 5 nitrogen and oxygen atoms in total. The number of benzene rings is 1. The number of nitrogens with zero attached hydrogens (tertiary/aromatic N) is 1. The Morgan fingerprint density at radius 3 is 2.76 bits per heavy atom. The van der Waals surface area contributed by atoms with Crippen molar-refractivity contribution in [2.45, 2.75) is 6.92 Å². The molecule has 0 saturated heterocycles. The van der Waals surface area contributed by atoms with Gasteiger partial charge in [0.1, 0.15) is 11.5 Å². The fourth-order valence-electron chi connectivity index (χ4n) is 2.14. The third-order valence-electron chi connectivity index (χ3n) is 3.18. The molecule has 3 aromatic rings. The van der Waals surface area contributed by atoms with Gasteiger partial charge in [-0.1, -0.05) is 0 Å². The number of nitrogen functional groups attached to an aromatic ring is 1. The zero-order chi connectivity index (χ0) is 15.0. The van der Waals surface area contributed by atoms with Crippen molar-refractivity contribution in [3.63, 3.8) is 0 Å². The van der Waals surface area contributed by atoms with Gasteiger partial charge in [-0.2, -0.15) is 0 Å². The van der Waals surface area contributed by atoms with Crippen LogP contribution < -0.4 is 11.1 Å². The minimum atomic E-state index is -0.382. The summed E-state index contributed by atoms with van der Waals surface area (Å²) < 4.78 is 12.8. The van der Waals surface area contributed by atoms with Crippen molar-refractivity contribution < 1.29 is 9.18 Å². The van der Waals surface area contributed by atoms with E-state index in [9.17, 15) is 9.18 Å². The predicted molar refractivity (Wildman–Crippen MR) is 79.6 cm³/mol. The van der Waals surface area contributed by atoms with Crippen LogP contribution in [0.5, 0.6) is 0 Å². The van der Waals surface area contributed by atoms with Crippen LogP contribution >= 0.6 is 0 Å². The zero-order valence-corrected chi connectivity index (χ0v) is 11.3. The van der Waals surface area contributed by atoms with Gasteiger partial charge in [0.15, 0.2) is 0 Å². The highest BCUT2D eigenvalue weighted by Gasteiger charge is 2.14. The Balaban J connectivity index is 1.94. The normalized spacial score (nSPS) is 10.8. The molecule has 0 aliphatic carbocycles. The number of aromatic amines is 1. The Morgan fingerprint density at radius 1 is 1.33 bits per heavy atom. The minimum absolute atomic E-state index is 0.283. The Kier molecular flexibility index (Phi) is 3.06. The number of pyridine rings is 1. The highest BCUT2D eigenvalue weighted by atomic mass is 19.1. The Morgan fingerprint density at radius 2 is 2.05 bits per heavy atom. The van der Waals surface area contributed by atoms with Crippen molar-refractivity contribution in [2.24, 2.45) is 0 Å². The monoisotopic (exact) mass is 284 g/mol. The predicted octanol–water partition coefficient (Wildman–Crippen LogP) is 2.84. The summed E-state index contributed by atoms with van der Waals surface area (Å²) in [6.45, 7) is 1.89. The van der Waals surface area contributed by atoms with Crippen molar-refractivity contribution >= 4 is 28.3 Å². The lowest BCUT2D eigenvalue weighted by molar-refractivity contribution is 0.102. The number of nitrogens with two attached hydrogens (primary N) is 1. The summed E-state index contributed by atoms with van der Waals surface area (Å²) in [5.41, 5.74) is 8.73. The maximum atomic E-state index is 12.8. The van der Waals surface area contributed by atoms with E-state index < -0.39 is 0 Å². The van der Waals surface area contributed by atoms with Gasteiger partial charge in [-0.05, 0) is 37.3 Å². The van der Waals surface area contributed by atoms with Crippen LogP contribution in [0.15, 0.2) is 36.5 Å². The lowest BCUT2D eigenvalue weighted by atomic mass is 10.1. The number of hydrogen-bond donors (Lipinski definition) is 3. The van der Waals surface area contributed by atoms with Gasteiger partial charge in [-0.3, -0.25) is 4.79 Å². The molecule has 0 saturated carbocycles. The number of halogens is 1. The molecule has 2 aromatic heterocycles. The molecule has 2 heterocycles. The number of H-pyrrole nitrogens is 1. The first-order valence-corrected chi connectivity index (χ1v) is 6.35. The van der Waals surface area contributed by atoms with E-state index in [2.05, 4.69) is 15.3 Å². The second kappa shape index (κ2) is 4.90. The van der Waals surface area contributed by atoms with E-state index >= 15 is 0 Å². The van der Waals surface area contributed by atoms with Crippen LogP contribution in [0.2, 0.25) is 0 Å². The van der Waals surface area contributed by atoms with Gasteiger partial charge in [-0.15, -0.1) is 0 Å². The van der Waals surface area contributed by atoms with Crippen molar-refractivity contribution in [1.29, 1.82) is 0 Å². The molecule has 0 spiro atoms. The third-order valence-corrected chi connectivity index (χ3v) is 3.18. The highest BCUT2D eigenvalue weighted by Crippen LogP contribution is 2.24. The van der Waals surface area contributed by atoms with Crippen LogP contribution in [0, 0.1) is 12.7 Å². The Labute approximate surface area is 120 Å².